The van der Waals surface area contributed by atoms with Crippen LogP contribution in [0.4, 0.5) is 18.9 Å². The number of anilines is 1. The highest BCUT2D eigenvalue weighted by Crippen LogP contribution is 2.27. The van der Waals surface area contributed by atoms with Crippen molar-refractivity contribution in [3.8, 4) is 5.75 Å². The lowest BCUT2D eigenvalue weighted by molar-refractivity contribution is -0.134. The minimum atomic E-state index is -4.63. The molecule has 2 rings (SSSR count). The number of nitrogens with zero attached hydrogens (tertiary/aromatic N) is 4. The molecule has 11 heteroatoms. The molecule has 2 N–H and O–H groups in total. The molecule has 1 heterocycles. The van der Waals surface area contributed by atoms with Crippen LogP contribution in [0.1, 0.15) is 26.3 Å². The quantitative estimate of drug-likeness (QED) is 0.467. The number of allylic oxidation sites excluding steroid dienone is 1. The molecule has 1 aromatic carbocycles. The van der Waals surface area contributed by atoms with Gasteiger partial charge in [-0.2, -0.15) is 18.3 Å². The van der Waals surface area contributed by atoms with Crippen LogP contribution in [0.3, 0.4) is 0 Å². The monoisotopic (exact) mass is 489 g/mol. The molecule has 0 spiro atoms. The summed E-state index contributed by atoms with van der Waals surface area (Å²) in [6.45, 7) is 7.19. The Morgan fingerprint density at radius 2 is 2.00 bits per heavy atom. The SMILES string of the molecule is COc1cc(N2CCN(C(=O)CN(/N=C(\C)C(F)(F)F)/C(CN)=C(\C)Cl)C(C)C2)ccc1C. The number of methoxy groups -OCH3 is 1. The van der Waals surface area contributed by atoms with Crippen LogP contribution in [0.5, 0.6) is 5.75 Å². The van der Waals surface area contributed by atoms with Crippen molar-refractivity contribution in [3.63, 3.8) is 0 Å². The fraction of sp³-hybridized carbons (Fsp3) is 0.545. The van der Waals surface area contributed by atoms with Gasteiger partial charge in [-0.05, 0) is 39.3 Å². The molecule has 33 heavy (non-hydrogen) atoms. The standard InChI is InChI=1S/C22H31ClF3N5O2/c1-14-6-7-18(10-20(14)33-5)29-8-9-30(15(2)12-29)21(32)13-31(19(11-27)16(3)23)28-17(4)22(24,25)26/h6-7,10,15H,8-9,11-13,27H2,1-5H3/b19-16+,28-17+. The van der Waals surface area contributed by atoms with Crippen LogP contribution in [-0.4, -0.2) is 73.6 Å². The molecule has 1 aliphatic heterocycles. The first kappa shape index (κ1) is 26.8. The molecule has 0 aliphatic carbocycles. The van der Waals surface area contributed by atoms with Crippen molar-refractivity contribution in [1.29, 1.82) is 0 Å². The molecule has 1 fully saturated rings. The van der Waals surface area contributed by atoms with Gasteiger partial charge in [-0.25, -0.2) is 0 Å². The highest BCUT2D eigenvalue weighted by molar-refractivity contribution is 6.29. The molecule has 0 bridgehead atoms. The number of hydrogen-bond donors (Lipinski definition) is 1. The van der Waals surface area contributed by atoms with Gasteiger partial charge in [-0.3, -0.25) is 9.80 Å². The Morgan fingerprint density at radius 1 is 1.33 bits per heavy atom. The molecule has 1 amide bonds. The third-order valence-corrected chi connectivity index (χ3v) is 5.79. The number of alkyl halides is 3. The van der Waals surface area contributed by atoms with Crippen LogP contribution < -0.4 is 15.4 Å². The molecule has 1 unspecified atom stereocenters. The van der Waals surface area contributed by atoms with Crippen LogP contribution in [0.25, 0.3) is 0 Å². The Hall–Kier alpha value is -2.46. The number of halogens is 4. The van der Waals surface area contributed by atoms with Gasteiger partial charge in [0.15, 0.2) is 0 Å². The van der Waals surface area contributed by atoms with E-state index in [1.54, 1.807) is 12.0 Å². The molecule has 1 atom stereocenters. The maximum Gasteiger partial charge on any atom is 0.430 e. The zero-order chi connectivity index (χ0) is 24.9. The number of ether oxygens (including phenoxy) is 1. The average Bonchev–Trinajstić information content (AvgIpc) is 2.73. The summed E-state index contributed by atoms with van der Waals surface area (Å²) in [6.07, 6.45) is -4.63. The summed E-state index contributed by atoms with van der Waals surface area (Å²) in [6, 6.07) is 5.76. The lowest BCUT2D eigenvalue weighted by Gasteiger charge is -2.41. The number of carbonyl (C=O) groups excluding carboxylic acids is 1. The second-order valence-electron chi connectivity index (χ2n) is 7.96. The zero-order valence-electron chi connectivity index (χ0n) is 19.5. The number of amides is 1. The van der Waals surface area contributed by atoms with Gasteiger partial charge >= 0.3 is 6.18 Å². The second kappa shape index (κ2) is 11.1. The first-order valence-corrected chi connectivity index (χ1v) is 10.9. The van der Waals surface area contributed by atoms with Gasteiger partial charge in [0.2, 0.25) is 5.91 Å². The Kier molecular flexibility index (Phi) is 9.02. The molecule has 0 radical (unpaired) electrons. The number of piperazine rings is 1. The fourth-order valence-electron chi connectivity index (χ4n) is 3.64. The topological polar surface area (TPSA) is 74.4 Å². The molecule has 7 nitrogen and oxygen atoms in total. The lowest BCUT2D eigenvalue weighted by atomic mass is 10.1. The van der Waals surface area contributed by atoms with E-state index in [1.165, 1.54) is 6.92 Å². The number of nitrogens with two attached hydrogens (primary N) is 1. The number of hydrogen-bond acceptors (Lipinski definition) is 6. The van der Waals surface area contributed by atoms with Crippen molar-refractivity contribution >= 4 is 28.9 Å². The van der Waals surface area contributed by atoms with Gasteiger partial charge in [0.25, 0.3) is 0 Å². The number of aryl methyl sites for hydroxylation is 1. The number of rotatable bonds is 7. The lowest BCUT2D eigenvalue weighted by Crippen LogP contribution is -2.56. The average molecular weight is 490 g/mol. The van der Waals surface area contributed by atoms with Crippen LogP contribution in [-0.2, 0) is 4.79 Å². The number of benzene rings is 1. The van der Waals surface area contributed by atoms with Crippen LogP contribution in [0.15, 0.2) is 34.0 Å². The van der Waals surface area contributed by atoms with Crippen molar-refractivity contribution < 1.29 is 22.7 Å². The molecule has 1 aliphatic rings. The molecule has 1 aromatic rings. The number of hydrazone groups is 1. The first-order chi connectivity index (χ1) is 15.4. The van der Waals surface area contributed by atoms with Crippen LogP contribution in [0.2, 0.25) is 0 Å². The summed E-state index contributed by atoms with van der Waals surface area (Å²) in [7, 11) is 1.62. The van der Waals surface area contributed by atoms with E-state index in [4.69, 9.17) is 22.1 Å². The van der Waals surface area contributed by atoms with Gasteiger partial charge in [0, 0.05) is 49.0 Å². The van der Waals surface area contributed by atoms with Crippen molar-refractivity contribution in [3.05, 3.63) is 34.5 Å². The minimum absolute atomic E-state index is 0.157. The van der Waals surface area contributed by atoms with Gasteiger partial charge in [-0.15, -0.1) is 0 Å². The highest BCUT2D eigenvalue weighted by Gasteiger charge is 2.34. The van der Waals surface area contributed by atoms with Gasteiger partial charge in [0.05, 0.1) is 12.8 Å². The summed E-state index contributed by atoms with van der Waals surface area (Å²) in [5.41, 5.74) is 6.75. The molecular weight excluding hydrogens is 459 g/mol. The first-order valence-electron chi connectivity index (χ1n) is 10.5. The predicted molar refractivity (Wildman–Crippen MR) is 125 cm³/mol. The largest absolute Gasteiger partial charge is 0.496 e. The Balaban J connectivity index is 2.18. The molecule has 0 aromatic heterocycles. The molecule has 0 saturated carbocycles. The minimum Gasteiger partial charge on any atom is -0.496 e. The van der Waals surface area contributed by atoms with Crippen molar-refractivity contribution in [2.45, 2.75) is 39.9 Å². The van der Waals surface area contributed by atoms with Crippen molar-refractivity contribution in [2.24, 2.45) is 10.8 Å². The Labute approximate surface area is 197 Å². The van der Waals surface area contributed by atoms with E-state index < -0.39 is 18.4 Å². The van der Waals surface area contributed by atoms with Gasteiger partial charge < -0.3 is 20.3 Å². The zero-order valence-corrected chi connectivity index (χ0v) is 20.3. The Bertz CT molecular complexity index is 916. The van der Waals surface area contributed by atoms with Gasteiger partial charge in [0.1, 0.15) is 18.0 Å². The van der Waals surface area contributed by atoms with E-state index in [0.717, 1.165) is 28.9 Å². The van der Waals surface area contributed by atoms with E-state index in [2.05, 4.69) is 10.0 Å². The summed E-state index contributed by atoms with van der Waals surface area (Å²) in [5, 5.41) is 4.75. The maximum absolute atomic E-state index is 13.1. The van der Waals surface area contributed by atoms with E-state index in [-0.39, 0.29) is 29.2 Å². The van der Waals surface area contributed by atoms with Crippen molar-refractivity contribution in [1.82, 2.24) is 9.91 Å². The second-order valence-corrected chi connectivity index (χ2v) is 8.53. The summed E-state index contributed by atoms with van der Waals surface area (Å²) in [5.74, 6) is 0.427. The van der Waals surface area contributed by atoms with E-state index in [9.17, 15) is 18.0 Å². The van der Waals surface area contributed by atoms with E-state index in [1.807, 2.05) is 32.0 Å². The molecule has 184 valence electrons. The smallest absolute Gasteiger partial charge is 0.430 e. The summed E-state index contributed by atoms with van der Waals surface area (Å²) >= 11 is 6.02. The summed E-state index contributed by atoms with van der Waals surface area (Å²) < 4.78 is 44.6. The molecule has 1 saturated heterocycles. The number of carbonyl (C=O) groups is 1. The highest BCUT2D eigenvalue weighted by atomic mass is 35.5. The van der Waals surface area contributed by atoms with Crippen LogP contribution >= 0.6 is 11.6 Å². The van der Waals surface area contributed by atoms with E-state index in [0.29, 0.717) is 19.6 Å². The third-order valence-electron chi connectivity index (χ3n) is 5.57. The third kappa shape index (κ3) is 6.77. The fourth-order valence-corrected chi connectivity index (χ4v) is 3.81. The Morgan fingerprint density at radius 3 is 2.52 bits per heavy atom. The van der Waals surface area contributed by atoms with Crippen molar-refractivity contribution in [2.75, 3.05) is 44.7 Å². The maximum atomic E-state index is 13.1. The van der Waals surface area contributed by atoms with Crippen LogP contribution in [0, 0.1) is 6.92 Å². The van der Waals surface area contributed by atoms with Gasteiger partial charge in [-0.1, -0.05) is 17.7 Å². The van der Waals surface area contributed by atoms with E-state index >= 15 is 0 Å². The normalized spacial score (nSPS) is 18.2. The molecular formula is C22H31ClF3N5O2. The predicted octanol–water partition coefficient (Wildman–Crippen LogP) is 3.71. The summed E-state index contributed by atoms with van der Waals surface area (Å²) in [4.78, 5) is 16.9.